The average molecular weight is 258 g/mol. The van der Waals surface area contributed by atoms with E-state index in [9.17, 15) is 0 Å². The van der Waals surface area contributed by atoms with Gasteiger partial charge in [0, 0.05) is 0 Å². The maximum absolute atomic E-state index is 5.87. The van der Waals surface area contributed by atoms with Crippen LogP contribution < -0.4 is 5.73 Å². The highest BCUT2D eigenvalue weighted by Crippen LogP contribution is 2.21. The van der Waals surface area contributed by atoms with Gasteiger partial charge >= 0.3 is 0 Å². The minimum absolute atomic E-state index is 0.324. The fraction of sp³-hybridized carbons (Fsp3) is 0.467. The fourth-order valence-electron chi connectivity index (χ4n) is 2.23. The number of nitrogen functional groups attached to an aromatic ring is 1. The highest BCUT2D eigenvalue weighted by Gasteiger charge is 2.13. The molecule has 4 nitrogen and oxygen atoms in total. The maximum atomic E-state index is 5.87. The van der Waals surface area contributed by atoms with Crippen LogP contribution in [0, 0.1) is 0 Å². The molecule has 2 rings (SSSR count). The van der Waals surface area contributed by atoms with Crippen molar-refractivity contribution in [3.05, 3.63) is 41.1 Å². The Morgan fingerprint density at radius 1 is 1.05 bits per heavy atom. The second-order valence-corrected chi connectivity index (χ2v) is 5.57. The van der Waals surface area contributed by atoms with Crippen LogP contribution in [-0.2, 0) is 6.54 Å². The molecule has 1 aromatic carbocycles. The molecule has 4 heteroatoms. The number of hydrogen-bond acceptors (Lipinski definition) is 3. The van der Waals surface area contributed by atoms with Crippen LogP contribution >= 0.6 is 0 Å². The zero-order valence-corrected chi connectivity index (χ0v) is 12.1. The third kappa shape index (κ3) is 2.95. The van der Waals surface area contributed by atoms with Crippen molar-refractivity contribution in [3.8, 4) is 0 Å². The predicted molar refractivity (Wildman–Crippen MR) is 78.2 cm³/mol. The van der Waals surface area contributed by atoms with Crippen LogP contribution in [0.1, 0.15) is 56.4 Å². The van der Waals surface area contributed by atoms with Gasteiger partial charge in [-0.1, -0.05) is 57.2 Å². The quantitative estimate of drug-likeness (QED) is 0.916. The summed E-state index contributed by atoms with van der Waals surface area (Å²) >= 11 is 0. The molecule has 102 valence electrons. The van der Waals surface area contributed by atoms with E-state index in [0.717, 1.165) is 12.2 Å². The minimum Gasteiger partial charge on any atom is -0.381 e. The van der Waals surface area contributed by atoms with E-state index < -0.39 is 0 Å². The molecular formula is C15H22N4. The lowest BCUT2D eigenvalue weighted by Crippen LogP contribution is -2.09. The van der Waals surface area contributed by atoms with E-state index in [4.69, 9.17) is 5.73 Å². The van der Waals surface area contributed by atoms with E-state index in [2.05, 4.69) is 62.3 Å². The zero-order valence-electron chi connectivity index (χ0n) is 12.1. The Morgan fingerprint density at radius 3 is 2.21 bits per heavy atom. The van der Waals surface area contributed by atoms with Gasteiger partial charge in [0.15, 0.2) is 5.82 Å². The van der Waals surface area contributed by atoms with Gasteiger partial charge in [0.05, 0.1) is 12.2 Å². The van der Waals surface area contributed by atoms with Crippen LogP contribution in [0.15, 0.2) is 24.3 Å². The molecule has 0 radical (unpaired) electrons. The molecule has 0 fully saturated rings. The van der Waals surface area contributed by atoms with E-state index in [-0.39, 0.29) is 0 Å². The Kier molecular flexibility index (Phi) is 3.88. The Balaban J connectivity index is 2.22. The predicted octanol–water partition coefficient (Wildman–Crippen LogP) is 3.16. The van der Waals surface area contributed by atoms with Crippen molar-refractivity contribution in [2.75, 3.05) is 5.73 Å². The standard InChI is InChI=1S/C15H22N4/c1-10(2)13-7-5-12(6-8-13)9-19-14(11(3)4)15(16)17-18-19/h5-8,10-11H,9,16H2,1-4H3. The van der Waals surface area contributed by atoms with Crippen LogP contribution in [0.3, 0.4) is 0 Å². The molecule has 19 heavy (non-hydrogen) atoms. The third-order valence-electron chi connectivity index (χ3n) is 3.33. The number of rotatable bonds is 4. The molecular weight excluding hydrogens is 236 g/mol. The van der Waals surface area contributed by atoms with Gasteiger partial charge in [0.2, 0.25) is 0 Å². The van der Waals surface area contributed by atoms with Crippen LogP contribution in [-0.4, -0.2) is 15.0 Å². The van der Waals surface area contributed by atoms with E-state index >= 15 is 0 Å². The summed E-state index contributed by atoms with van der Waals surface area (Å²) in [6.07, 6.45) is 0. The highest BCUT2D eigenvalue weighted by molar-refractivity contribution is 5.36. The van der Waals surface area contributed by atoms with Gasteiger partial charge in [-0.25, -0.2) is 4.68 Å². The Labute approximate surface area is 114 Å². The van der Waals surface area contributed by atoms with Gasteiger partial charge in [-0.2, -0.15) is 0 Å². The van der Waals surface area contributed by atoms with Crippen LogP contribution in [0.5, 0.6) is 0 Å². The van der Waals surface area contributed by atoms with Crippen LogP contribution in [0.2, 0.25) is 0 Å². The molecule has 0 saturated carbocycles. The normalized spacial score (nSPS) is 11.5. The molecule has 1 aromatic heterocycles. The van der Waals surface area contributed by atoms with Gasteiger partial charge < -0.3 is 5.73 Å². The summed E-state index contributed by atoms with van der Waals surface area (Å²) in [5.41, 5.74) is 9.44. The van der Waals surface area contributed by atoms with Gasteiger partial charge in [-0.05, 0) is 23.0 Å². The first kappa shape index (κ1) is 13.6. The summed E-state index contributed by atoms with van der Waals surface area (Å²) in [5.74, 6) is 1.42. The maximum Gasteiger partial charge on any atom is 0.169 e. The van der Waals surface area contributed by atoms with E-state index in [1.807, 2.05) is 4.68 Å². The van der Waals surface area contributed by atoms with E-state index in [0.29, 0.717) is 17.7 Å². The number of anilines is 1. The van der Waals surface area contributed by atoms with Crippen molar-refractivity contribution in [1.82, 2.24) is 15.0 Å². The Hall–Kier alpha value is -1.84. The van der Waals surface area contributed by atoms with E-state index in [1.165, 1.54) is 11.1 Å². The number of hydrogen-bond donors (Lipinski definition) is 1. The van der Waals surface area contributed by atoms with Crippen molar-refractivity contribution in [2.45, 2.75) is 46.1 Å². The molecule has 2 aromatic rings. The average Bonchev–Trinajstić information content (AvgIpc) is 2.71. The second-order valence-electron chi connectivity index (χ2n) is 5.57. The van der Waals surface area contributed by atoms with Crippen molar-refractivity contribution < 1.29 is 0 Å². The van der Waals surface area contributed by atoms with Crippen molar-refractivity contribution in [1.29, 1.82) is 0 Å². The first-order valence-electron chi connectivity index (χ1n) is 6.76. The molecule has 0 aliphatic heterocycles. The van der Waals surface area contributed by atoms with Crippen LogP contribution in [0.4, 0.5) is 5.82 Å². The molecule has 0 spiro atoms. The van der Waals surface area contributed by atoms with Crippen molar-refractivity contribution in [2.24, 2.45) is 0 Å². The third-order valence-corrected chi connectivity index (χ3v) is 3.33. The molecule has 0 aliphatic carbocycles. The molecule has 0 aliphatic rings. The number of nitrogens with two attached hydrogens (primary N) is 1. The summed E-state index contributed by atoms with van der Waals surface area (Å²) in [4.78, 5) is 0. The van der Waals surface area contributed by atoms with E-state index in [1.54, 1.807) is 0 Å². The van der Waals surface area contributed by atoms with Crippen LogP contribution in [0.25, 0.3) is 0 Å². The molecule has 0 atom stereocenters. The fourth-order valence-corrected chi connectivity index (χ4v) is 2.23. The smallest absolute Gasteiger partial charge is 0.169 e. The topological polar surface area (TPSA) is 56.7 Å². The Bertz CT molecular complexity index is 538. The summed E-state index contributed by atoms with van der Waals surface area (Å²) in [6.45, 7) is 9.32. The lowest BCUT2D eigenvalue weighted by atomic mass is 10.0. The molecule has 0 bridgehead atoms. The van der Waals surface area contributed by atoms with Gasteiger partial charge in [-0.15, -0.1) is 5.10 Å². The number of nitrogens with zero attached hydrogens (tertiary/aromatic N) is 3. The molecule has 1 heterocycles. The molecule has 0 unspecified atom stereocenters. The van der Waals surface area contributed by atoms with Gasteiger partial charge in [-0.3, -0.25) is 0 Å². The summed E-state index contributed by atoms with van der Waals surface area (Å²) < 4.78 is 1.89. The van der Waals surface area contributed by atoms with Gasteiger partial charge in [0.25, 0.3) is 0 Å². The lowest BCUT2D eigenvalue weighted by Gasteiger charge is -2.11. The van der Waals surface area contributed by atoms with Crippen molar-refractivity contribution in [3.63, 3.8) is 0 Å². The summed E-state index contributed by atoms with van der Waals surface area (Å²) in [7, 11) is 0. The first-order valence-corrected chi connectivity index (χ1v) is 6.76. The first-order chi connectivity index (χ1) is 8.99. The number of benzene rings is 1. The minimum atomic E-state index is 0.324. The Morgan fingerprint density at radius 2 is 1.68 bits per heavy atom. The highest BCUT2D eigenvalue weighted by atomic mass is 15.4. The largest absolute Gasteiger partial charge is 0.381 e. The van der Waals surface area contributed by atoms with Crippen molar-refractivity contribution >= 4 is 5.82 Å². The molecule has 0 amide bonds. The summed E-state index contributed by atoms with van der Waals surface area (Å²) in [5, 5.41) is 8.10. The lowest BCUT2D eigenvalue weighted by molar-refractivity contribution is 0.598. The zero-order chi connectivity index (χ0) is 14.0. The van der Waals surface area contributed by atoms with Gasteiger partial charge in [0.1, 0.15) is 0 Å². The monoisotopic (exact) mass is 258 g/mol. The SMILES string of the molecule is CC(C)c1ccc(Cn2nnc(N)c2C(C)C)cc1. The molecule has 0 saturated heterocycles. The summed E-state index contributed by atoms with van der Waals surface area (Å²) in [6, 6.07) is 8.65. The molecule has 2 N–H and O–H groups in total. The number of aromatic nitrogens is 3. The second kappa shape index (κ2) is 5.43.